The van der Waals surface area contributed by atoms with Gasteiger partial charge in [0.2, 0.25) is 0 Å². The van der Waals surface area contributed by atoms with Gasteiger partial charge in [0.15, 0.2) is 0 Å². The van der Waals surface area contributed by atoms with Gasteiger partial charge in [-0.1, -0.05) is 6.92 Å². The molecule has 0 unspecified atom stereocenters. The summed E-state index contributed by atoms with van der Waals surface area (Å²) in [4.78, 5) is 0. The van der Waals surface area contributed by atoms with E-state index in [9.17, 15) is 4.39 Å². The fourth-order valence-corrected chi connectivity index (χ4v) is 1.58. The molecular weight excluding hydrogens is 205 g/mol. The van der Waals surface area contributed by atoms with Gasteiger partial charge < -0.3 is 10.1 Å². The lowest BCUT2D eigenvalue weighted by Crippen LogP contribution is -2.15. The van der Waals surface area contributed by atoms with Gasteiger partial charge in [0, 0.05) is 18.7 Å². The highest BCUT2D eigenvalue weighted by Gasteiger charge is 2.20. The van der Waals surface area contributed by atoms with E-state index in [0.29, 0.717) is 18.4 Å². The summed E-state index contributed by atoms with van der Waals surface area (Å²) in [6.45, 7) is 3.40. The molecule has 1 aliphatic carbocycles. The normalized spacial score (nSPS) is 15.1. The summed E-state index contributed by atoms with van der Waals surface area (Å²) < 4.78 is 18.7. The van der Waals surface area contributed by atoms with Crippen molar-refractivity contribution in [1.82, 2.24) is 5.32 Å². The second-order valence-electron chi connectivity index (χ2n) is 4.30. The molecule has 1 fully saturated rings. The molecule has 1 N–H and O–H groups in total. The first-order valence-electron chi connectivity index (χ1n) is 5.93. The van der Waals surface area contributed by atoms with Crippen LogP contribution in [0.5, 0.6) is 5.75 Å². The standard InChI is InChI=1S/C13H18FNO/c1-2-5-16-13-7-10(6-11(14)8-13)9-15-12-3-4-12/h6-8,12,15H,2-5,9H2,1H3. The Morgan fingerprint density at radius 1 is 1.38 bits per heavy atom. The van der Waals surface area contributed by atoms with E-state index in [2.05, 4.69) is 5.32 Å². The van der Waals surface area contributed by atoms with Gasteiger partial charge in [-0.15, -0.1) is 0 Å². The monoisotopic (exact) mass is 223 g/mol. The zero-order valence-corrected chi connectivity index (χ0v) is 9.63. The lowest BCUT2D eigenvalue weighted by Gasteiger charge is -2.08. The quantitative estimate of drug-likeness (QED) is 0.800. The molecule has 0 amide bonds. The Kier molecular flexibility index (Phi) is 3.78. The highest BCUT2D eigenvalue weighted by atomic mass is 19.1. The molecule has 0 aromatic heterocycles. The predicted octanol–water partition coefficient (Wildman–Crippen LogP) is 2.87. The minimum Gasteiger partial charge on any atom is -0.493 e. The van der Waals surface area contributed by atoms with Crippen molar-refractivity contribution in [2.24, 2.45) is 0 Å². The summed E-state index contributed by atoms with van der Waals surface area (Å²) in [5.74, 6) is 0.413. The molecule has 0 spiro atoms. The second kappa shape index (κ2) is 5.30. The smallest absolute Gasteiger partial charge is 0.127 e. The van der Waals surface area contributed by atoms with Crippen molar-refractivity contribution in [3.8, 4) is 5.75 Å². The Morgan fingerprint density at radius 3 is 2.88 bits per heavy atom. The lowest BCUT2D eigenvalue weighted by molar-refractivity contribution is 0.315. The molecule has 0 radical (unpaired) electrons. The highest BCUT2D eigenvalue weighted by Crippen LogP contribution is 2.21. The van der Waals surface area contributed by atoms with Gasteiger partial charge in [0.25, 0.3) is 0 Å². The first kappa shape index (κ1) is 11.4. The third-order valence-electron chi connectivity index (χ3n) is 2.58. The van der Waals surface area contributed by atoms with Crippen LogP contribution >= 0.6 is 0 Å². The maximum absolute atomic E-state index is 13.3. The van der Waals surface area contributed by atoms with Crippen LogP contribution in [0.1, 0.15) is 31.7 Å². The number of nitrogens with one attached hydrogen (secondary N) is 1. The van der Waals surface area contributed by atoms with E-state index in [1.165, 1.54) is 18.9 Å². The van der Waals surface area contributed by atoms with Crippen molar-refractivity contribution in [3.63, 3.8) is 0 Å². The van der Waals surface area contributed by atoms with Gasteiger partial charge in [0.1, 0.15) is 11.6 Å². The average Bonchev–Trinajstić information content (AvgIpc) is 3.07. The minimum absolute atomic E-state index is 0.221. The van der Waals surface area contributed by atoms with Crippen LogP contribution in [0.3, 0.4) is 0 Å². The Balaban J connectivity index is 1.96. The summed E-state index contributed by atoms with van der Waals surface area (Å²) in [6, 6.07) is 5.56. The molecule has 3 heteroatoms. The van der Waals surface area contributed by atoms with Crippen LogP contribution in [0.4, 0.5) is 4.39 Å². The molecule has 0 bridgehead atoms. The SMILES string of the molecule is CCCOc1cc(F)cc(CNC2CC2)c1. The van der Waals surface area contributed by atoms with Gasteiger partial charge in [-0.2, -0.15) is 0 Å². The Labute approximate surface area is 95.8 Å². The molecule has 0 heterocycles. The molecule has 88 valence electrons. The van der Waals surface area contributed by atoms with Crippen molar-refractivity contribution < 1.29 is 9.13 Å². The molecule has 16 heavy (non-hydrogen) atoms. The van der Waals surface area contributed by atoms with Crippen LogP contribution < -0.4 is 10.1 Å². The minimum atomic E-state index is -0.221. The molecule has 1 aliphatic rings. The fraction of sp³-hybridized carbons (Fsp3) is 0.538. The number of hydrogen-bond acceptors (Lipinski definition) is 2. The molecule has 2 nitrogen and oxygen atoms in total. The summed E-state index contributed by atoms with van der Waals surface area (Å²) in [5, 5.41) is 3.36. The third kappa shape index (κ3) is 3.49. The van der Waals surface area contributed by atoms with Crippen molar-refractivity contribution in [1.29, 1.82) is 0 Å². The van der Waals surface area contributed by atoms with Crippen molar-refractivity contribution >= 4 is 0 Å². The predicted molar refractivity (Wildman–Crippen MR) is 62.0 cm³/mol. The maximum Gasteiger partial charge on any atom is 0.127 e. The summed E-state index contributed by atoms with van der Waals surface area (Å²) in [7, 11) is 0. The van der Waals surface area contributed by atoms with Crippen LogP contribution in [0.25, 0.3) is 0 Å². The third-order valence-corrected chi connectivity index (χ3v) is 2.58. The Hall–Kier alpha value is -1.09. The van der Waals surface area contributed by atoms with Crippen LogP contribution in [0.2, 0.25) is 0 Å². The van der Waals surface area contributed by atoms with Gasteiger partial charge in [-0.3, -0.25) is 0 Å². The first-order chi connectivity index (χ1) is 7.78. The van der Waals surface area contributed by atoms with E-state index < -0.39 is 0 Å². The van der Waals surface area contributed by atoms with E-state index in [1.54, 1.807) is 6.07 Å². The summed E-state index contributed by atoms with van der Waals surface area (Å²) in [5.41, 5.74) is 0.956. The molecule has 0 saturated heterocycles. The lowest BCUT2D eigenvalue weighted by atomic mass is 10.2. The second-order valence-corrected chi connectivity index (χ2v) is 4.30. The van der Waals surface area contributed by atoms with Crippen LogP contribution in [-0.2, 0) is 6.54 Å². The molecule has 1 saturated carbocycles. The zero-order chi connectivity index (χ0) is 11.4. The number of hydrogen-bond donors (Lipinski definition) is 1. The van der Waals surface area contributed by atoms with Crippen LogP contribution in [-0.4, -0.2) is 12.6 Å². The van der Waals surface area contributed by atoms with Gasteiger partial charge >= 0.3 is 0 Å². The molecular formula is C13H18FNO. The maximum atomic E-state index is 13.3. The molecule has 1 aromatic rings. The van der Waals surface area contributed by atoms with E-state index in [0.717, 1.165) is 18.5 Å². The van der Waals surface area contributed by atoms with Crippen molar-refractivity contribution in [2.75, 3.05) is 6.61 Å². The Bertz CT molecular complexity index is 350. The highest BCUT2D eigenvalue weighted by molar-refractivity contribution is 5.29. The fourth-order valence-electron chi connectivity index (χ4n) is 1.58. The summed E-state index contributed by atoms with van der Waals surface area (Å²) >= 11 is 0. The van der Waals surface area contributed by atoms with Gasteiger partial charge in [0.05, 0.1) is 6.61 Å². The van der Waals surface area contributed by atoms with E-state index in [4.69, 9.17) is 4.74 Å². The average molecular weight is 223 g/mol. The van der Waals surface area contributed by atoms with Crippen molar-refractivity contribution in [3.05, 3.63) is 29.6 Å². The largest absolute Gasteiger partial charge is 0.493 e. The van der Waals surface area contributed by atoms with E-state index in [-0.39, 0.29) is 5.82 Å². The van der Waals surface area contributed by atoms with Gasteiger partial charge in [-0.25, -0.2) is 4.39 Å². The van der Waals surface area contributed by atoms with Crippen LogP contribution in [0, 0.1) is 5.82 Å². The number of halogens is 1. The Morgan fingerprint density at radius 2 is 2.19 bits per heavy atom. The number of benzene rings is 1. The summed E-state index contributed by atoms with van der Waals surface area (Å²) in [6.07, 6.45) is 3.43. The number of rotatable bonds is 6. The van der Waals surface area contributed by atoms with Crippen molar-refractivity contribution in [2.45, 2.75) is 38.8 Å². The molecule has 2 rings (SSSR count). The van der Waals surface area contributed by atoms with Gasteiger partial charge in [-0.05, 0) is 37.0 Å². The first-order valence-corrected chi connectivity index (χ1v) is 5.93. The molecule has 0 aliphatic heterocycles. The zero-order valence-electron chi connectivity index (χ0n) is 9.63. The number of ether oxygens (including phenoxy) is 1. The molecule has 0 atom stereocenters. The van der Waals surface area contributed by atoms with E-state index in [1.807, 2.05) is 13.0 Å². The topological polar surface area (TPSA) is 21.3 Å². The van der Waals surface area contributed by atoms with Crippen LogP contribution in [0.15, 0.2) is 18.2 Å². The van der Waals surface area contributed by atoms with E-state index >= 15 is 0 Å². The molecule has 1 aromatic carbocycles.